The molecule has 0 aliphatic heterocycles. The average molecular weight is 241 g/mol. The first kappa shape index (κ1) is 11.5. The third-order valence-electron chi connectivity index (χ3n) is 3.63. The average Bonchev–Trinajstić information content (AvgIpc) is 2.84. The maximum atomic E-state index is 4.35. The summed E-state index contributed by atoms with van der Waals surface area (Å²) in [5.74, 6) is 0.803. The summed E-state index contributed by atoms with van der Waals surface area (Å²) in [6.45, 7) is 2.02. The molecule has 0 fully saturated rings. The van der Waals surface area contributed by atoms with E-state index in [1.54, 1.807) is 0 Å². The molecular weight excluding hydrogens is 222 g/mol. The molecule has 1 atom stereocenters. The SMILES string of the molecule is C1=CCC(CNCc2cnn3ccccc23)CC1. The van der Waals surface area contributed by atoms with Crippen molar-refractivity contribution in [3.05, 3.63) is 48.3 Å². The van der Waals surface area contributed by atoms with Gasteiger partial charge in [-0.1, -0.05) is 18.2 Å². The fourth-order valence-electron chi connectivity index (χ4n) is 2.58. The van der Waals surface area contributed by atoms with Crippen molar-refractivity contribution < 1.29 is 0 Å². The van der Waals surface area contributed by atoms with Crippen molar-refractivity contribution in [3.8, 4) is 0 Å². The van der Waals surface area contributed by atoms with Crippen LogP contribution in [0.5, 0.6) is 0 Å². The van der Waals surface area contributed by atoms with Crippen molar-refractivity contribution in [2.45, 2.75) is 25.8 Å². The van der Waals surface area contributed by atoms with Crippen molar-refractivity contribution in [1.29, 1.82) is 0 Å². The molecule has 94 valence electrons. The minimum Gasteiger partial charge on any atom is -0.312 e. The highest BCUT2D eigenvalue weighted by Crippen LogP contribution is 2.17. The van der Waals surface area contributed by atoms with Gasteiger partial charge in [0, 0.05) is 18.3 Å². The summed E-state index contributed by atoms with van der Waals surface area (Å²) in [4.78, 5) is 0. The zero-order valence-electron chi connectivity index (χ0n) is 10.5. The Balaban J connectivity index is 1.58. The molecule has 1 N–H and O–H groups in total. The van der Waals surface area contributed by atoms with Crippen molar-refractivity contribution >= 4 is 5.52 Å². The van der Waals surface area contributed by atoms with Gasteiger partial charge < -0.3 is 5.32 Å². The fraction of sp³-hybridized carbons (Fsp3) is 0.400. The molecule has 0 aromatic carbocycles. The van der Waals surface area contributed by atoms with Crippen LogP contribution in [-0.4, -0.2) is 16.2 Å². The fourth-order valence-corrected chi connectivity index (χ4v) is 2.58. The van der Waals surface area contributed by atoms with Gasteiger partial charge in [-0.05, 0) is 43.9 Å². The molecule has 0 spiro atoms. The molecule has 0 saturated heterocycles. The number of pyridine rings is 1. The van der Waals surface area contributed by atoms with Gasteiger partial charge in [-0.3, -0.25) is 0 Å². The first-order valence-corrected chi connectivity index (χ1v) is 6.70. The number of fused-ring (bicyclic) bond motifs is 1. The van der Waals surface area contributed by atoms with Gasteiger partial charge in [0.25, 0.3) is 0 Å². The third-order valence-corrected chi connectivity index (χ3v) is 3.63. The molecule has 3 nitrogen and oxygen atoms in total. The Kier molecular flexibility index (Phi) is 3.42. The topological polar surface area (TPSA) is 29.3 Å². The number of hydrogen-bond donors (Lipinski definition) is 1. The number of nitrogens with one attached hydrogen (secondary N) is 1. The first-order valence-electron chi connectivity index (χ1n) is 6.70. The van der Waals surface area contributed by atoms with E-state index in [2.05, 4.69) is 34.7 Å². The Hall–Kier alpha value is -1.61. The summed E-state index contributed by atoms with van der Waals surface area (Å²) in [6.07, 6.45) is 12.3. The summed E-state index contributed by atoms with van der Waals surface area (Å²) in [5, 5.41) is 7.91. The standard InChI is InChI=1S/C15H19N3/c1-2-6-13(7-3-1)10-16-11-14-12-17-18-9-5-4-8-15(14)18/h1-2,4-5,8-9,12-13,16H,3,6-7,10-11H2. The van der Waals surface area contributed by atoms with Gasteiger partial charge in [0.1, 0.15) is 0 Å². The lowest BCUT2D eigenvalue weighted by Crippen LogP contribution is -2.23. The summed E-state index contributed by atoms with van der Waals surface area (Å²) in [6, 6.07) is 6.19. The second kappa shape index (κ2) is 5.36. The summed E-state index contributed by atoms with van der Waals surface area (Å²) in [5.41, 5.74) is 2.48. The van der Waals surface area contributed by atoms with Crippen LogP contribution in [-0.2, 0) is 6.54 Å². The number of rotatable bonds is 4. The normalized spacial score (nSPS) is 19.4. The first-order chi connectivity index (χ1) is 8.93. The minimum atomic E-state index is 0.803. The van der Waals surface area contributed by atoms with E-state index in [4.69, 9.17) is 0 Å². The molecule has 0 bridgehead atoms. The predicted octanol–water partition coefficient (Wildman–Crippen LogP) is 2.78. The zero-order valence-corrected chi connectivity index (χ0v) is 10.5. The van der Waals surface area contributed by atoms with Gasteiger partial charge in [-0.25, -0.2) is 4.52 Å². The monoisotopic (exact) mass is 241 g/mol. The highest BCUT2D eigenvalue weighted by atomic mass is 15.2. The summed E-state index contributed by atoms with van der Waals surface area (Å²) >= 11 is 0. The van der Waals surface area contributed by atoms with Crippen LogP contribution in [0.15, 0.2) is 42.7 Å². The van der Waals surface area contributed by atoms with Crippen LogP contribution in [0, 0.1) is 5.92 Å². The molecule has 2 aromatic rings. The minimum absolute atomic E-state index is 0.803. The van der Waals surface area contributed by atoms with Gasteiger partial charge in [0.2, 0.25) is 0 Å². The lowest BCUT2D eigenvalue weighted by molar-refractivity contribution is 0.441. The highest BCUT2D eigenvalue weighted by Gasteiger charge is 2.09. The van der Waals surface area contributed by atoms with E-state index in [0.717, 1.165) is 19.0 Å². The van der Waals surface area contributed by atoms with Gasteiger partial charge in [-0.2, -0.15) is 5.10 Å². The van der Waals surface area contributed by atoms with E-state index in [1.807, 2.05) is 23.0 Å². The van der Waals surface area contributed by atoms with E-state index in [9.17, 15) is 0 Å². The molecule has 1 unspecified atom stereocenters. The van der Waals surface area contributed by atoms with Crippen LogP contribution in [0.3, 0.4) is 0 Å². The lowest BCUT2D eigenvalue weighted by atomic mass is 9.94. The van der Waals surface area contributed by atoms with E-state index in [0.29, 0.717) is 0 Å². The molecule has 2 heterocycles. The molecule has 18 heavy (non-hydrogen) atoms. The van der Waals surface area contributed by atoms with E-state index in [-0.39, 0.29) is 0 Å². The van der Waals surface area contributed by atoms with E-state index < -0.39 is 0 Å². The molecule has 0 amide bonds. The summed E-state index contributed by atoms with van der Waals surface area (Å²) < 4.78 is 1.93. The van der Waals surface area contributed by atoms with Gasteiger partial charge in [0.15, 0.2) is 0 Å². The Labute approximate surface area is 108 Å². The number of aromatic nitrogens is 2. The number of nitrogens with zero attached hydrogens (tertiary/aromatic N) is 2. The van der Waals surface area contributed by atoms with E-state index in [1.165, 1.54) is 30.3 Å². The molecule has 1 aliphatic rings. The maximum absolute atomic E-state index is 4.35. The van der Waals surface area contributed by atoms with Gasteiger partial charge >= 0.3 is 0 Å². The van der Waals surface area contributed by atoms with Crippen LogP contribution < -0.4 is 5.32 Å². The van der Waals surface area contributed by atoms with Crippen LogP contribution in [0.2, 0.25) is 0 Å². The summed E-state index contributed by atoms with van der Waals surface area (Å²) in [7, 11) is 0. The largest absolute Gasteiger partial charge is 0.312 e. The van der Waals surface area contributed by atoms with Crippen LogP contribution in [0.4, 0.5) is 0 Å². The molecule has 0 radical (unpaired) electrons. The smallest absolute Gasteiger partial charge is 0.0706 e. The second-order valence-corrected chi connectivity index (χ2v) is 4.98. The van der Waals surface area contributed by atoms with Crippen LogP contribution in [0.25, 0.3) is 5.52 Å². The predicted molar refractivity (Wildman–Crippen MR) is 73.4 cm³/mol. The van der Waals surface area contributed by atoms with Crippen molar-refractivity contribution in [1.82, 2.24) is 14.9 Å². The molecule has 2 aromatic heterocycles. The Bertz CT molecular complexity index is 541. The molecule has 1 aliphatic carbocycles. The number of hydrogen-bond acceptors (Lipinski definition) is 2. The highest BCUT2D eigenvalue weighted by molar-refractivity contribution is 5.53. The lowest BCUT2D eigenvalue weighted by Gasteiger charge is -2.17. The molecular formula is C15H19N3. The quantitative estimate of drug-likeness (QED) is 0.834. The van der Waals surface area contributed by atoms with Crippen LogP contribution in [0.1, 0.15) is 24.8 Å². The number of allylic oxidation sites excluding steroid dienone is 2. The second-order valence-electron chi connectivity index (χ2n) is 4.98. The molecule has 3 rings (SSSR count). The third kappa shape index (κ3) is 2.46. The zero-order chi connectivity index (χ0) is 12.2. The Morgan fingerprint density at radius 2 is 2.33 bits per heavy atom. The van der Waals surface area contributed by atoms with Gasteiger partial charge in [-0.15, -0.1) is 0 Å². The van der Waals surface area contributed by atoms with Crippen molar-refractivity contribution in [3.63, 3.8) is 0 Å². The Morgan fingerprint density at radius 3 is 3.22 bits per heavy atom. The van der Waals surface area contributed by atoms with Crippen LogP contribution >= 0.6 is 0 Å². The van der Waals surface area contributed by atoms with Crippen molar-refractivity contribution in [2.24, 2.45) is 5.92 Å². The maximum Gasteiger partial charge on any atom is 0.0706 e. The Morgan fingerprint density at radius 1 is 1.33 bits per heavy atom. The van der Waals surface area contributed by atoms with Crippen molar-refractivity contribution in [2.75, 3.05) is 6.54 Å². The van der Waals surface area contributed by atoms with E-state index >= 15 is 0 Å². The molecule has 0 saturated carbocycles. The molecule has 3 heteroatoms. The van der Waals surface area contributed by atoms with Gasteiger partial charge in [0.05, 0.1) is 11.7 Å².